The first kappa shape index (κ1) is 13.9. The van der Waals surface area contributed by atoms with Gasteiger partial charge in [-0.25, -0.2) is 4.98 Å². The monoisotopic (exact) mass is 317 g/mol. The molecule has 3 rings (SSSR count). The molecule has 0 bridgehead atoms. The van der Waals surface area contributed by atoms with Gasteiger partial charge in [-0.3, -0.25) is 0 Å². The summed E-state index contributed by atoms with van der Waals surface area (Å²) in [4.78, 5) is 4.96. The van der Waals surface area contributed by atoms with Crippen LogP contribution in [0.3, 0.4) is 0 Å². The smallest absolute Gasteiger partial charge is 0.183 e. The molecule has 0 unspecified atom stereocenters. The van der Waals surface area contributed by atoms with Crippen LogP contribution in [0.5, 0.6) is 17.2 Å². The molecular formula is C16H12ClNO2S. The third kappa shape index (κ3) is 3.97. The average Bonchev–Trinajstić information content (AvgIpc) is 2.93. The summed E-state index contributed by atoms with van der Waals surface area (Å²) in [6.07, 6.45) is 1.72. The van der Waals surface area contributed by atoms with Crippen LogP contribution in [0.4, 0.5) is 0 Å². The second-order valence-corrected chi connectivity index (χ2v) is 5.95. The quantitative estimate of drug-likeness (QED) is 0.650. The molecule has 0 amide bonds. The highest BCUT2D eigenvalue weighted by atomic mass is 35.5. The standard InChI is InChI=1S/C16H12ClNO2S/c17-16-18-10-15(21-16)11-19-12-6-8-14(9-7-12)20-13-4-2-1-3-5-13/h1-10H,11H2. The zero-order chi connectivity index (χ0) is 14.5. The number of rotatable bonds is 5. The summed E-state index contributed by atoms with van der Waals surface area (Å²) in [6, 6.07) is 17.2. The van der Waals surface area contributed by atoms with Crippen molar-refractivity contribution >= 4 is 22.9 Å². The van der Waals surface area contributed by atoms with E-state index in [0.29, 0.717) is 11.1 Å². The second kappa shape index (κ2) is 6.61. The van der Waals surface area contributed by atoms with Crippen molar-refractivity contribution in [2.24, 2.45) is 0 Å². The van der Waals surface area contributed by atoms with Crippen LogP contribution in [-0.2, 0) is 6.61 Å². The van der Waals surface area contributed by atoms with Crippen LogP contribution in [0.25, 0.3) is 0 Å². The Labute approximate surface area is 131 Å². The molecule has 2 aromatic carbocycles. The zero-order valence-corrected chi connectivity index (χ0v) is 12.6. The van der Waals surface area contributed by atoms with E-state index in [0.717, 1.165) is 22.1 Å². The number of benzene rings is 2. The molecule has 5 heteroatoms. The summed E-state index contributed by atoms with van der Waals surface area (Å²) in [5.74, 6) is 2.36. The van der Waals surface area contributed by atoms with Crippen molar-refractivity contribution < 1.29 is 9.47 Å². The molecule has 0 N–H and O–H groups in total. The fourth-order valence-electron chi connectivity index (χ4n) is 1.73. The van der Waals surface area contributed by atoms with Crippen LogP contribution in [-0.4, -0.2) is 4.98 Å². The van der Waals surface area contributed by atoms with Gasteiger partial charge in [-0.05, 0) is 36.4 Å². The van der Waals surface area contributed by atoms with Gasteiger partial charge in [0.2, 0.25) is 0 Å². The van der Waals surface area contributed by atoms with E-state index in [1.165, 1.54) is 11.3 Å². The SMILES string of the molecule is Clc1ncc(COc2ccc(Oc3ccccc3)cc2)s1. The van der Waals surface area contributed by atoms with Gasteiger partial charge >= 0.3 is 0 Å². The minimum Gasteiger partial charge on any atom is -0.488 e. The lowest BCUT2D eigenvalue weighted by atomic mass is 10.3. The van der Waals surface area contributed by atoms with E-state index in [9.17, 15) is 0 Å². The predicted molar refractivity (Wildman–Crippen MR) is 84.4 cm³/mol. The van der Waals surface area contributed by atoms with Gasteiger partial charge < -0.3 is 9.47 Å². The second-order valence-electron chi connectivity index (χ2n) is 4.25. The van der Waals surface area contributed by atoms with Crippen LogP contribution in [0.1, 0.15) is 4.88 Å². The lowest BCUT2D eigenvalue weighted by molar-refractivity contribution is 0.309. The molecule has 0 fully saturated rings. The molecule has 0 saturated carbocycles. The number of para-hydroxylation sites is 1. The Balaban J connectivity index is 1.59. The zero-order valence-electron chi connectivity index (χ0n) is 11.0. The molecule has 0 saturated heterocycles. The van der Waals surface area contributed by atoms with E-state index in [1.54, 1.807) is 6.20 Å². The van der Waals surface area contributed by atoms with E-state index in [-0.39, 0.29) is 0 Å². The molecule has 1 heterocycles. The number of nitrogens with zero attached hydrogens (tertiary/aromatic N) is 1. The Bertz CT molecular complexity index is 698. The number of halogens is 1. The molecule has 0 radical (unpaired) electrons. The fraction of sp³-hybridized carbons (Fsp3) is 0.0625. The number of hydrogen-bond acceptors (Lipinski definition) is 4. The van der Waals surface area contributed by atoms with Crippen LogP contribution in [0.15, 0.2) is 60.8 Å². The van der Waals surface area contributed by atoms with Gasteiger partial charge in [0.25, 0.3) is 0 Å². The van der Waals surface area contributed by atoms with E-state index < -0.39 is 0 Å². The Hall–Kier alpha value is -2.04. The van der Waals surface area contributed by atoms with Crippen LogP contribution < -0.4 is 9.47 Å². The molecule has 3 nitrogen and oxygen atoms in total. The Morgan fingerprint density at radius 1 is 0.905 bits per heavy atom. The van der Waals surface area contributed by atoms with Gasteiger partial charge in [0, 0.05) is 6.20 Å². The molecule has 0 aliphatic carbocycles. The lowest BCUT2D eigenvalue weighted by Crippen LogP contribution is -1.92. The van der Waals surface area contributed by atoms with Gasteiger partial charge in [0.15, 0.2) is 4.47 Å². The van der Waals surface area contributed by atoms with E-state index in [2.05, 4.69) is 4.98 Å². The molecule has 3 aromatic rings. The minimum absolute atomic E-state index is 0.462. The summed E-state index contributed by atoms with van der Waals surface area (Å²) in [6.45, 7) is 0.462. The molecule has 0 spiro atoms. The Kier molecular flexibility index (Phi) is 4.38. The van der Waals surface area contributed by atoms with E-state index in [1.807, 2.05) is 54.6 Å². The molecular weight excluding hydrogens is 306 g/mol. The summed E-state index contributed by atoms with van der Waals surface area (Å²) in [5, 5.41) is 0. The van der Waals surface area contributed by atoms with Crippen molar-refractivity contribution in [1.82, 2.24) is 4.98 Å². The van der Waals surface area contributed by atoms with Gasteiger partial charge in [0.05, 0.1) is 4.88 Å². The van der Waals surface area contributed by atoms with Crippen molar-refractivity contribution in [3.05, 3.63) is 70.1 Å². The Morgan fingerprint density at radius 3 is 2.24 bits per heavy atom. The fourth-order valence-corrected chi connectivity index (χ4v) is 2.62. The van der Waals surface area contributed by atoms with Crippen LogP contribution >= 0.6 is 22.9 Å². The maximum absolute atomic E-state index is 5.78. The first-order valence-corrected chi connectivity index (χ1v) is 7.55. The number of thiazole rings is 1. The lowest BCUT2D eigenvalue weighted by Gasteiger charge is -2.07. The number of aromatic nitrogens is 1. The van der Waals surface area contributed by atoms with Crippen molar-refractivity contribution in [2.45, 2.75) is 6.61 Å². The van der Waals surface area contributed by atoms with E-state index >= 15 is 0 Å². The third-order valence-electron chi connectivity index (χ3n) is 2.71. The highest BCUT2D eigenvalue weighted by Crippen LogP contribution is 2.25. The topological polar surface area (TPSA) is 31.4 Å². The molecule has 106 valence electrons. The van der Waals surface area contributed by atoms with Crippen LogP contribution in [0.2, 0.25) is 4.47 Å². The van der Waals surface area contributed by atoms with Gasteiger partial charge in [-0.2, -0.15) is 0 Å². The average molecular weight is 318 g/mol. The first-order chi connectivity index (χ1) is 10.3. The molecule has 1 aromatic heterocycles. The summed E-state index contributed by atoms with van der Waals surface area (Å²) in [5.41, 5.74) is 0. The Morgan fingerprint density at radius 2 is 1.57 bits per heavy atom. The maximum Gasteiger partial charge on any atom is 0.183 e. The van der Waals surface area contributed by atoms with E-state index in [4.69, 9.17) is 21.1 Å². The molecule has 21 heavy (non-hydrogen) atoms. The number of hydrogen-bond donors (Lipinski definition) is 0. The van der Waals surface area contributed by atoms with Crippen molar-refractivity contribution in [3.63, 3.8) is 0 Å². The van der Waals surface area contributed by atoms with Crippen molar-refractivity contribution in [1.29, 1.82) is 0 Å². The highest BCUT2D eigenvalue weighted by Gasteiger charge is 2.02. The molecule has 0 atom stereocenters. The highest BCUT2D eigenvalue weighted by molar-refractivity contribution is 7.15. The number of ether oxygens (including phenoxy) is 2. The summed E-state index contributed by atoms with van der Waals surface area (Å²) < 4.78 is 11.9. The minimum atomic E-state index is 0.462. The first-order valence-electron chi connectivity index (χ1n) is 6.35. The van der Waals surface area contributed by atoms with Gasteiger partial charge in [-0.15, -0.1) is 11.3 Å². The van der Waals surface area contributed by atoms with Crippen molar-refractivity contribution in [3.8, 4) is 17.2 Å². The predicted octanol–water partition coefficient (Wildman–Crippen LogP) is 5.17. The summed E-state index contributed by atoms with van der Waals surface area (Å²) >= 11 is 7.19. The van der Waals surface area contributed by atoms with Gasteiger partial charge in [0.1, 0.15) is 23.9 Å². The van der Waals surface area contributed by atoms with Gasteiger partial charge in [-0.1, -0.05) is 29.8 Å². The molecule has 0 aliphatic rings. The molecule has 0 aliphatic heterocycles. The largest absolute Gasteiger partial charge is 0.488 e. The third-order valence-corrected chi connectivity index (χ3v) is 3.80. The summed E-state index contributed by atoms with van der Waals surface area (Å²) in [7, 11) is 0. The maximum atomic E-state index is 5.78. The normalized spacial score (nSPS) is 10.3. The van der Waals surface area contributed by atoms with Crippen LogP contribution in [0, 0.1) is 0 Å². The van der Waals surface area contributed by atoms with Crippen molar-refractivity contribution in [2.75, 3.05) is 0 Å².